The predicted octanol–water partition coefficient (Wildman–Crippen LogP) is 4.51. The number of carbonyl (C=O) groups excluding carboxylic acids is 2. The molecule has 9 heteroatoms. The number of rotatable bonds is 6. The summed E-state index contributed by atoms with van der Waals surface area (Å²) in [5.74, 6) is 0.957. The Morgan fingerprint density at radius 1 is 1.05 bits per heavy atom. The van der Waals surface area contributed by atoms with Gasteiger partial charge in [0.15, 0.2) is 0 Å². The van der Waals surface area contributed by atoms with Gasteiger partial charge < -0.3 is 25.0 Å². The summed E-state index contributed by atoms with van der Waals surface area (Å²) in [6.45, 7) is 1.91. The van der Waals surface area contributed by atoms with Crippen LogP contribution in [0.5, 0.6) is 0 Å². The minimum Gasteiger partial charge on any atom is -0.348 e. The van der Waals surface area contributed by atoms with Crippen molar-refractivity contribution in [2.75, 3.05) is 33.0 Å². The first kappa shape index (κ1) is 26.6. The molecule has 42 heavy (non-hydrogen) atoms. The fourth-order valence-corrected chi connectivity index (χ4v) is 7.15. The van der Waals surface area contributed by atoms with Crippen LogP contribution < -0.4 is 10.6 Å². The number of nitrogens with zero attached hydrogens (tertiary/aromatic N) is 5. The highest BCUT2D eigenvalue weighted by molar-refractivity contribution is 6.08. The number of benzene rings is 1. The summed E-state index contributed by atoms with van der Waals surface area (Å²) in [5.41, 5.74) is 10.5. The molecule has 1 aromatic carbocycles. The van der Waals surface area contributed by atoms with Crippen molar-refractivity contribution in [3.63, 3.8) is 0 Å². The zero-order valence-corrected chi connectivity index (χ0v) is 24.8. The summed E-state index contributed by atoms with van der Waals surface area (Å²) in [6, 6.07) is 10.3. The van der Waals surface area contributed by atoms with Gasteiger partial charge in [0, 0.05) is 57.4 Å². The maximum Gasteiger partial charge on any atom is 0.254 e. The molecule has 2 N–H and O–H groups in total. The zero-order chi connectivity index (χ0) is 29.1. The van der Waals surface area contributed by atoms with E-state index in [0.29, 0.717) is 30.9 Å². The van der Waals surface area contributed by atoms with Crippen LogP contribution in [0.25, 0.3) is 22.2 Å². The molecule has 4 aromatic rings. The lowest BCUT2D eigenvalue weighted by Crippen LogP contribution is -2.35. The van der Waals surface area contributed by atoms with Crippen LogP contribution in [0.15, 0.2) is 36.5 Å². The van der Waals surface area contributed by atoms with E-state index in [2.05, 4.69) is 45.3 Å². The molecule has 0 bridgehead atoms. The van der Waals surface area contributed by atoms with Crippen molar-refractivity contribution in [3.05, 3.63) is 70.2 Å². The van der Waals surface area contributed by atoms with Gasteiger partial charge in [-0.05, 0) is 91.7 Å². The monoisotopic (exact) mass is 563 g/mol. The minimum absolute atomic E-state index is 0.0760. The molecule has 0 saturated carbocycles. The lowest BCUT2D eigenvalue weighted by molar-refractivity contribution is -0.132. The van der Waals surface area contributed by atoms with Crippen LogP contribution in [0.2, 0.25) is 0 Å². The van der Waals surface area contributed by atoms with E-state index >= 15 is 0 Å². The van der Waals surface area contributed by atoms with Gasteiger partial charge >= 0.3 is 0 Å². The summed E-state index contributed by atoms with van der Waals surface area (Å²) in [5, 5.41) is 7.75. The summed E-state index contributed by atoms with van der Waals surface area (Å²) in [7, 11) is 8.03. The largest absolute Gasteiger partial charge is 0.348 e. The summed E-state index contributed by atoms with van der Waals surface area (Å²) >= 11 is 0. The first-order valence-electron chi connectivity index (χ1n) is 14.8. The van der Waals surface area contributed by atoms with E-state index in [4.69, 9.17) is 9.97 Å². The Bertz CT molecular complexity index is 1760. The van der Waals surface area contributed by atoms with Crippen molar-refractivity contribution in [3.8, 4) is 11.1 Å². The van der Waals surface area contributed by atoms with Gasteiger partial charge in [-0.1, -0.05) is 12.1 Å². The molecule has 3 aliphatic rings. The molecule has 9 nitrogen and oxygen atoms in total. The van der Waals surface area contributed by atoms with Gasteiger partial charge in [0.1, 0.15) is 11.5 Å². The number of fused-ring (bicyclic) bond motifs is 4. The standard InChI is InChI=1S/C33H37N7O2/c1-38(2)18-26-20(19-13-15-39(3)29(41)16-19)9-11-28(37-26)36-25-10-8-21(24-17-35-33(42)31(24)25)22-12-14-34-32-30(22)23-6-5-7-27(23)40(32)4/h8-12,14,19H,5-7,13,15-18H2,1-4H3,(H,35,42)(H,36,37)/t19-/m1/s1. The number of likely N-dealkylation sites (tertiary alicyclic amines) is 1. The molecule has 0 radical (unpaired) electrons. The Kier molecular flexibility index (Phi) is 6.50. The third-order valence-corrected chi connectivity index (χ3v) is 9.24. The number of piperidine rings is 1. The molecule has 2 aliphatic heterocycles. The average Bonchev–Trinajstić information content (AvgIpc) is 3.67. The molecule has 0 spiro atoms. The van der Waals surface area contributed by atoms with Gasteiger partial charge in [-0.25, -0.2) is 9.97 Å². The van der Waals surface area contributed by atoms with E-state index in [1.165, 1.54) is 23.1 Å². The second kappa shape index (κ2) is 10.2. The third-order valence-electron chi connectivity index (χ3n) is 9.24. The van der Waals surface area contributed by atoms with Crippen LogP contribution in [0.3, 0.4) is 0 Å². The van der Waals surface area contributed by atoms with E-state index in [-0.39, 0.29) is 17.7 Å². The van der Waals surface area contributed by atoms with Crippen LogP contribution in [-0.4, -0.2) is 63.8 Å². The van der Waals surface area contributed by atoms with Crippen LogP contribution in [0, 0.1) is 0 Å². The highest BCUT2D eigenvalue weighted by Gasteiger charge is 2.30. The molecule has 3 aromatic heterocycles. The fourth-order valence-electron chi connectivity index (χ4n) is 7.15. The first-order chi connectivity index (χ1) is 20.3. The van der Waals surface area contributed by atoms with Crippen molar-refractivity contribution in [2.45, 2.75) is 51.1 Å². The molecule has 7 rings (SSSR count). The van der Waals surface area contributed by atoms with Gasteiger partial charge in [0.2, 0.25) is 5.91 Å². The Morgan fingerprint density at radius 3 is 2.71 bits per heavy atom. The number of pyridine rings is 2. The smallest absolute Gasteiger partial charge is 0.254 e. The Morgan fingerprint density at radius 2 is 1.90 bits per heavy atom. The minimum atomic E-state index is -0.0760. The molecule has 216 valence electrons. The molecule has 2 amide bonds. The van der Waals surface area contributed by atoms with Crippen molar-refractivity contribution >= 4 is 34.4 Å². The topological polar surface area (TPSA) is 95.4 Å². The predicted molar refractivity (Wildman–Crippen MR) is 164 cm³/mol. The van der Waals surface area contributed by atoms with Gasteiger partial charge in [-0.15, -0.1) is 0 Å². The summed E-state index contributed by atoms with van der Waals surface area (Å²) in [6.07, 6.45) is 6.63. The number of hydrogen-bond donors (Lipinski definition) is 2. The highest BCUT2D eigenvalue weighted by atomic mass is 16.2. The molecule has 1 atom stereocenters. The van der Waals surface area contributed by atoms with Crippen LogP contribution in [-0.2, 0) is 37.8 Å². The number of amides is 2. The van der Waals surface area contributed by atoms with Crippen LogP contribution in [0.4, 0.5) is 11.5 Å². The van der Waals surface area contributed by atoms with Gasteiger partial charge in [-0.2, -0.15) is 0 Å². The quantitative estimate of drug-likeness (QED) is 0.359. The molecule has 1 fully saturated rings. The number of carbonyl (C=O) groups is 2. The first-order valence-corrected chi connectivity index (χ1v) is 14.8. The molecule has 0 unspecified atom stereocenters. The Labute approximate surface area is 245 Å². The van der Waals surface area contributed by atoms with Crippen molar-refractivity contribution in [1.29, 1.82) is 0 Å². The van der Waals surface area contributed by atoms with Crippen molar-refractivity contribution < 1.29 is 9.59 Å². The fraction of sp³-hybridized carbons (Fsp3) is 0.394. The molecule has 1 saturated heterocycles. The van der Waals surface area contributed by atoms with Crippen LogP contribution >= 0.6 is 0 Å². The number of anilines is 2. The highest BCUT2D eigenvalue weighted by Crippen LogP contribution is 2.42. The van der Waals surface area contributed by atoms with E-state index in [1.807, 2.05) is 44.4 Å². The van der Waals surface area contributed by atoms with Gasteiger partial charge in [0.05, 0.1) is 16.9 Å². The van der Waals surface area contributed by atoms with E-state index < -0.39 is 0 Å². The summed E-state index contributed by atoms with van der Waals surface area (Å²) in [4.78, 5) is 39.3. The zero-order valence-electron chi connectivity index (χ0n) is 24.8. The molecular weight excluding hydrogens is 526 g/mol. The van der Waals surface area contributed by atoms with Crippen molar-refractivity contribution in [2.24, 2.45) is 7.05 Å². The van der Waals surface area contributed by atoms with E-state index in [1.54, 1.807) is 0 Å². The number of aryl methyl sites for hydroxylation is 2. The Balaban J connectivity index is 1.27. The average molecular weight is 564 g/mol. The lowest BCUT2D eigenvalue weighted by Gasteiger charge is -2.30. The number of hydrogen-bond acceptors (Lipinski definition) is 6. The molecule has 5 heterocycles. The van der Waals surface area contributed by atoms with E-state index in [0.717, 1.165) is 65.1 Å². The van der Waals surface area contributed by atoms with Gasteiger partial charge in [0.25, 0.3) is 5.91 Å². The SMILES string of the molecule is CN(C)Cc1nc(Nc2ccc(-c3ccnc4c3c3c(n4C)CCC3)c3c2C(=O)NC3)ccc1[C@@H]1CCN(C)C(=O)C1. The van der Waals surface area contributed by atoms with E-state index in [9.17, 15) is 9.59 Å². The Hall–Kier alpha value is -4.24. The third kappa shape index (κ3) is 4.34. The summed E-state index contributed by atoms with van der Waals surface area (Å²) < 4.78 is 2.24. The number of nitrogens with one attached hydrogen (secondary N) is 2. The number of aromatic nitrogens is 3. The van der Waals surface area contributed by atoms with Crippen molar-refractivity contribution in [1.82, 2.24) is 29.7 Å². The normalized spacial score (nSPS) is 18.1. The second-order valence-electron chi connectivity index (χ2n) is 12.2. The maximum absolute atomic E-state index is 13.2. The van der Waals surface area contributed by atoms with Gasteiger partial charge in [-0.3, -0.25) is 9.59 Å². The maximum atomic E-state index is 13.2. The second-order valence-corrected chi connectivity index (χ2v) is 12.2. The van der Waals surface area contributed by atoms with Crippen LogP contribution in [0.1, 0.15) is 63.6 Å². The molecule has 1 aliphatic carbocycles. The molecular formula is C33H37N7O2. The lowest BCUT2D eigenvalue weighted by atomic mass is 9.88.